The molecule has 0 radical (unpaired) electrons. The lowest BCUT2D eigenvalue weighted by Gasteiger charge is -2.14. The van der Waals surface area contributed by atoms with Gasteiger partial charge in [-0.25, -0.2) is 15.0 Å². The first-order valence-corrected chi connectivity index (χ1v) is 25.1. The highest BCUT2D eigenvalue weighted by molar-refractivity contribution is 7.26. The maximum Gasteiger partial charge on any atom is 0.164 e. The Bertz CT molecular complexity index is 4790. The van der Waals surface area contributed by atoms with Crippen molar-refractivity contribution in [2.45, 2.75) is 0 Å². The van der Waals surface area contributed by atoms with E-state index in [2.05, 4.69) is 199 Å². The van der Waals surface area contributed by atoms with Gasteiger partial charge in [0.25, 0.3) is 0 Å². The molecule has 7 heteroatoms. The van der Waals surface area contributed by atoms with E-state index in [1.807, 2.05) is 23.5 Å². The highest BCUT2D eigenvalue weighted by atomic mass is 32.1. The molecule has 16 rings (SSSR count). The Morgan fingerprint density at radius 3 is 1.73 bits per heavy atom. The SMILES string of the molecule is c1ccc2cc3c(cc2c1)c1c2ccccc2ccc1n3-c1cc(-c2nc(-c3ccc4c(c3)oc3ccccc34)nc(-c3ccc4c(c3)sc3ccccc34)n2)cc2c1sc1ccc3ccccc3c12. The third-order valence-corrected chi connectivity index (χ3v) is 16.7. The zero-order valence-electron chi connectivity index (χ0n) is 37.1. The highest BCUT2D eigenvalue weighted by Crippen LogP contribution is 2.47. The Balaban J connectivity index is 1.02. The number of hydrogen-bond acceptors (Lipinski definition) is 6. The lowest BCUT2D eigenvalue weighted by Crippen LogP contribution is -2.01. The van der Waals surface area contributed by atoms with Crippen LogP contribution in [-0.2, 0) is 0 Å². The van der Waals surface area contributed by atoms with Crippen molar-refractivity contribution in [2.24, 2.45) is 0 Å². The zero-order chi connectivity index (χ0) is 45.6. The molecule has 70 heavy (non-hydrogen) atoms. The summed E-state index contributed by atoms with van der Waals surface area (Å²) in [4.78, 5) is 16.2. The minimum Gasteiger partial charge on any atom is -0.456 e. The van der Waals surface area contributed by atoms with Gasteiger partial charge in [0.2, 0.25) is 0 Å². The molecule has 0 saturated carbocycles. The highest BCUT2D eigenvalue weighted by Gasteiger charge is 2.23. The van der Waals surface area contributed by atoms with Gasteiger partial charge in [-0.15, -0.1) is 22.7 Å². The van der Waals surface area contributed by atoms with E-state index in [1.54, 1.807) is 11.3 Å². The summed E-state index contributed by atoms with van der Waals surface area (Å²) in [5.74, 6) is 1.79. The fourth-order valence-electron chi connectivity index (χ4n) is 11.2. The van der Waals surface area contributed by atoms with Gasteiger partial charge in [0.15, 0.2) is 17.5 Å². The van der Waals surface area contributed by atoms with Gasteiger partial charge in [-0.1, -0.05) is 140 Å². The average Bonchev–Trinajstić information content (AvgIpc) is 4.18. The number of nitrogens with zero attached hydrogens (tertiary/aromatic N) is 4. The van der Waals surface area contributed by atoms with Gasteiger partial charge in [0.05, 0.1) is 21.4 Å². The third kappa shape index (κ3) is 5.55. The van der Waals surface area contributed by atoms with E-state index in [-0.39, 0.29) is 0 Å². The molecule has 5 heterocycles. The van der Waals surface area contributed by atoms with Gasteiger partial charge < -0.3 is 8.98 Å². The maximum absolute atomic E-state index is 6.45. The Morgan fingerprint density at radius 2 is 0.929 bits per heavy atom. The van der Waals surface area contributed by atoms with Crippen LogP contribution >= 0.6 is 22.7 Å². The summed E-state index contributed by atoms with van der Waals surface area (Å²) in [5.41, 5.74) is 7.73. The molecule has 0 N–H and O–H groups in total. The van der Waals surface area contributed by atoms with Crippen molar-refractivity contribution in [3.05, 3.63) is 206 Å². The quantitative estimate of drug-likeness (QED) is 0.176. The van der Waals surface area contributed by atoms with Crippen molar-refractivity contribution in [2.75, 3.05) is 0 Å². The van der Waals surface area contributed by atoms with Crippen molar-refractivity contribution in [1.82, 2.24) is 19.5 Å². The minimum atomic E-state index is 0.580. The monoisotopic (exact) mass is 926 g/mol. The van der Waals surface area contributed by atoms with Crippen LogP contribution in [0.1, 0.15) is 0 Å². The molecule has 0 spiro atoms. The lowest BCUT2D eigenvalue weighted by atomic mass is 10.0. The zero-order valence-corrected chi connectivity index (χ0v) is 38.8. The number of para-hydroxylation sites is 1. The molecule has 0 bridgehead atoms. The molecule has 0 unspecified atom stereocenters. The average molecular weight is 927 g/mol. The van der Waals surface area contributed by atoms with Crippen LogP contribution in [0.5, 0.6) is 0 Å². The van der Waals surface area contributed by atoms with Gasteiger partial charge in [0, 0.05) is 73.9 Å². The van der Waals surface area contributed by atoms with Crippen LogP contribution in [0.2, 0.25) is 0 Å². The molecular formula is C63H34N4OS2. The predicted molar refractivity (Wildman–Crippen MR) is 296 cm³/mol. The van der Waals surface area contributed by atoms with E-state index < -0.39 is 0 Å². The van der Waals surface area contributed by atoms with Crippen molar-refractivity contribution < 1.29 is 4.42 Å². The Hall–Kier alpha value is -8.75. The molecular weight excluding hydrogens is 893 g/mol. The van der Waals surface area contributed by atoms with Crippen LogP contribution in [0.15, 0.2) is 211 Å². The number of hydrogen-bond donors (Lipinski definition) is 0. The first-order chi connectivity index (χ1) is 34.6. The number of benzene rings is 11. The number of furan rings is 1. The van der Waals surface area contributed by atoms with Crippen molar-refractivity contribution in [1.29, 1.82) is 0 Å². The van der Waals surface area contributed by atoms with E-state index >= 15 is 0 Å². The molecule has 0 aliphatic heterocycles. The first kappa shape index (κ1) is 38.2. The normalized spacial score (nSPS) is 12.3. The van der Waals surface area contributed by atoms with Crippen LogP contribution in [0.25, 0.3) is 156 Å². The molecule has 0 saturated heterocycles. The van der Waals surface area contributed by atoms with Crippen LogP contribution in [0.4, 0.5) is 0 Å². The van der Waals surface area contributed by atoms with Gasteiger partial charge in [-0.2, -0.15) is 0 Å². The number of fused-ring (bicyclic) bond motifs is 17. The summed E-state index contributed by atoms with van der Waals surface area (Å²) >= 11 is 3.65. The van der Waals surface area contributed by atoms with Crippen molar-refractivity contribution in [3.8, 4) is 39.9 Å². The first-order valence-electron chi connectivity index (χ1n) is 23.5. The van der Waals surface area contributed by atoms with Crippen molar-refractivity contribution in [3.63, 3.8) is 0 Å². The molecule has 0 aliphatic carbocycles. The fourth-order valence-corrected chi connectivity index (χ4v) is 13.5. The van der Waals surface area contributed by atoms with E-state index in [0.717, 1.165) is 55.3 Å². The van der Waals surface area contributed by atoms with Gasteiger partial charge in [-0.3, -0.25) is 0 Å². The van der Waals surface area contributed by atoms with E-state index in [4.69, 9.17) is 19.4 Å². The summed E-state index contributed by atoms with van der Waals surface area (Å²) < 4.78 is 13.8. The summed E-state index contributed by atoms with van der Waals surface area (Å²) in [6.45, 7) is 0. The van der Waals surface area contributed by atoms with Gasteiger partial charge >= 0.3 is 0 Å². The van der Waals surface area contributed by atoms with Gasteiger partial charge in [0.1, 0.15) is 11.2 Å². The molecule has 0 amide bonds. The molecule has 324 valence electrons. The molecule has 5 aromatic heterocycles. The third-order valence-electron chi connectivity index (χ3n) is 14.4. The molecule has 0 atom stereocenters. The molecule has 5 nitrogen and oxygen atoms in total. The minimum absolute atomic E-state index is 0.580. The Morgan fingerprint density at radius 1 is 0.329 bits per heavy atom. The van der Waals surface area contributed by atoms with E-state index in [0.29, 0.717) is 17.5 Å². The number of thiophene rings is 2. The Kier molecular flexibility index (Phi) is 7.86. The summed E-state index contributed by atoms with van der Waals surface area (Å²) in [6, 6.07) is 74.5. The largest absolute Gasteiger partial charge is 0.456 e. The molecule has 11 aromatic carbocycles. The Labute approximate surface area is 406 Å². The second kappa shape index (κ2) is 14.4. The standard InChI is InChI=1S/C63H34N4OS2/c1-2-14-38-31-51-48(29-37(38)13-1)58-42-15-5-3-11-35(42)23-27-50(58)67(51)52-32-41(30-49-59-43-16-6-4-12-36(43)24-28-56(59)70-60(49)52)63-65-61(39-21-25-45-44-17-7-9-19-53(44)68-54(45)33-39)64-62(66-63)40-22-26-47-46-18-8-10-20-55(46)69-57(47)34-40/h1-34H. The van der Waals surface area contributed by atoms with Crippen LogP contribution in [0.3, 0.4) is 0 Å². The number of aromatic nitrogens is 4. The smallest absolute Gasteiger partial charge is 0.164 e. The van der Waals surface area contributed by atoms with Crippen LogP contribution in [-0.4, -0.2) is 19.5 Å². The van der Waals surface area contributed by atoms with E-state index in [9.17, 15) is 0 Å². The van der Waals surface area contributed by atoms with Crippen LogP contribution < -0.4 is 0 Å². The topological polar surface area (TPSA) is 56.7 Å². The number of rotatable bonds is 4. The fraction of sp³-hybridized carbons (Fsp3) is 0. The molecule has 16 aromatic rings. The summed E-state index contributed by atoms with van der Waals surface area (Å²) in [6.07, 6.45) is 0. The lowest BCUT2D eigenvalue weighted by molar-refractivity contribution is 0.669. The second-order valence-electron chi connectivity index (χ2n) is 18.3. The summed E-state index contributed by atoms with van der Waals surface area (Å²) in [7, 11) is 0. The van der Waals surface area contributed by atoms with Crippen LogP contribution in [0, 0.1) is 0 Å². The summed E-state index contributed by atoms with van der Waals surface area (Å²) in [5, 5.41) is 16.8. The maximum atomic E-state index is 6.45. The second-order valence-corrected chi connectivity index (χ2v) is 20.4. The molecule has 0 fully saturated rings. The predicted octanol–water partition coefficient (Wildman–Crippen LogP) is 18.1. The van der Waals surface area contributed by atoms with E-state index in [1.165, 1.54) is 83.4 Å². The van der Waals surface area contributed by atoms with Crippen molar-refractivity contribution >= 4 is 139 Å². The van der Waals surface area contributed by atoms with Gasteiger partial charge in [-0.05, 0) is 99.0 Å². The molecule has 0 aliphatic rings.